The minimum absolute atomic E-state index is 0.0621. The number of likely N-dealkylation sites (tertiary alicyclic amines) is 1. The van der Waals surface area contributed by atoms with Crippen LogP contribution in [-0.2, 0) is 4.79 Å². The highest BCUT2D eigenvalue weighted by Gasteiger charge is 2.44. The zero-order valence-corrected chi connectivity index (χ0v) is 19.9. The largest absolute Gasteiger partial charge is 0.493 e. The van der Waals surface area contributed by atoms with E-state index in [1.807, 2.05) is 18.2 Å². The standard InChI is InChI=1S/C26H29N3O6/c1-33-22-8-7-18(14-23(22)34-2)29-16-17(13-24(29)31)27-25(32)28-11-9-26(10-12-28)15-20(30)19-5-3-4-6-21(19)35-26/h3-8,14,17H,9-13,15-16H2,1-2H3,(H,27,32)/t17-/m0/s1. The number of Topliss-reactive ketones (excluding diaryl/α,β-unsaturated/α-hetero) is 1. The van der Waals surface area contributed by atoms with Crippen LogP contribution >= 0.6 is 0 Å². The molecule has 35 heavy (non-hydrogen) atoms. The average Bonchev–Trinajstić information content (AvgIpc) is 3.23. The van der Waals surface area contributed by atoms with Crippen molar-refractivity contribution in [3.63, 3.8) is 0 Å². The lowest BCUT2D eigenvalue weighted by Gasteiger charge is -2.44. The number of piperidine rings is 1. The summed E-state index contributed by atoms with van der Waals surface area (Å²) in [5, 5.41) is 3.01. The summed E-state index contributed by atoms with van der Waals surface area (Å²) in [7, 11) is 3.11. The number of hydrogen-bond acceptors (Lipinski definition) is 6. The maximum Gasteiger partial charge on any atom is 0.317 e. The van der Waals surface area contributed by atoms with Gasteiger partial charge in [-0.15, -0.1) is 0 Å². The number of ether oxygens (including phenoxy) is 3. The van der Waals surface area contributed by atoms with E-state index in [2.05, 4.69) is 5.32 Å². The summed E-state index contributed by atoms with van der Waals surface area (Å²) in [5.41, 5.74) is 0.766. The molecule has 0 unspecified atom stereocenters. The van der Waals surface area contributed by atoms with E-state index in [1.54, 1.807) is 48.3 Å². The van der Waals surface area contributed by atoms with E-state index in [0.29, 0.717) is 67.4 Å². The maximum absolute atomic E-state index is 13.0. The Bertz CT molecular complexity index is 1160. The number of anilines is 1. The molecule has 0 aromatic heterocycles. The first-order valence-corrected chi connectivity index (χ1v) is 11.8. The number of ketones is 1. The van der Waals surface area contributed by atoms with Crippen molar-refractivity contribution in [1.29, 1.82) is 0 Å². The minimum atomic E-state index is -0.560. The molecule has 0 bridgehead atoms. The van der Waals surface area contributed by atoms with Crippen LogP contribution < -0.4 is 24.4 Å². The van der Waals surface area contributed by atoms with Gasteiger partial charge in [-0.05, 0) is 24.3 Å². The summed E-state index contributed by atoms with van der Waals surface area (Å²) in [4.78, 5) is 41.7. The Hall–Kier alpha value is -3.75. The zero-order valence-electron chi connectivity index (χ0n) is 19.9. The highest BCUT2D eigenvalue weighted by molar-refractivity contribution is 6.00. The van der Waals surface area contributed by atoms with Crippen molar-refractivity contribution in [2.24, 2.45) is 0 Å². The molecule has 1 atom stereocenters. The number of para-hydroxylation sites is 1. The number of urea groups is 1. The van der Waals surface area contributed by atoms with Gasteiger partial charge >= 0.3 is 6.03 Å². The third-order valence-electron chi connectivity index (χ3n) is 7.09. The number of nitrogens with one attached hydrogen (secondary N) is 1. The second kappa shape index (κ2) is 9.13. The molecule has 2 aromatic rings. The van der Waals surface area contributed by atoms with Crippen LogP contribution in [0.1, 0.15) is 36.0 Å². The lowest BCUT2D eigenvalue weighted by molar-refractivity contribution is -0.117. The topological polar surface area (TPSA) is 97.4 Å². The van der Waals surface area contributed by atoms with Gasteiger partial charge in [0.25, 0.3) is 0 Å². The summed E-state index contributed by atoms with van der Waals surface area (Å²) in [5.74, 6) is 1.78. The van der Waals surface area contributed by atoms with Crippen molar-refractivity contribution in [3.8, 4) is 17.2 Å². The molecular formula is C26H29N3O6. The van der Waals surface area contributed by atoms with Gasteiger partial charge in [-0.25, -0.2) is 4.79 Å². The van der Waals surface area contributed by atoms with Crippen molar-refractivity contribution >= 4 is 23.4 Å². The average molecular weight is 480 g/mol. The Kier molecular flexibility index (Phi) is 6.00. The number of carbonyl (C=O) groups excluding carboxylic acids is 3. The third-order valence-corrected chi connectivity index (χ3v) is 7.09. The summed E-state index contributed by atoms with van der Waals surface area (Å²) >= 11 is 0. The van der Waals surface area contributed by atoms with Crippen molar-refractivity contribution in [1.82, 2.24) is 10.2 Å². The molecule has 1 N–H and O–H groups in total. The SMILES string of the molecule is COc1ccc(N2C[C@@H](NC(=O)N3CCC4(CC3)CC(=O)c3ccccc3O4)CC2=O)cc1OC. The fourth-order valence-corrected chi connectivity index (χ4v) is 5.15. The molecule has 2 fully saturated rings. The van der Waals surface area contributed by atoms with Crippen LogP contribution in [-0.4, -0.2) is 68.1 Å². The molecule has 184 valence electrons. The lowest BCUT2D eigenvalue weighted by atomic mass is 9.82. The third kappa shape index (κ3) is 4.38. The van der Waals surface area contributed by atoms with Crippen LogP contribution in [0.4, 0.5) is 10.5 Å². The second-order valence-corrected chi connectivity index (χ2v) is 9.26. The molecule has 0 saturated carbocycles. The number of benzene rings is 2. The van der Waals surface area contributed by atoms with Gasteiger partial charge in [-0.1, -0.05) is 12.1 Å². The Morgan fingerprint density at radius 3 is 2.54 bits per heavy atom. The molecule has 2 aromatic carbocycles. The summed E-state index contributed by atoms with van der Waals surface area (Å²) in [6.07, 6.45) is 1.73. The molecule has 3 aliphatic rings. The molecule has 2 saturated heterocycles. The van der Waals surface area contributed by atoms with Crippen LogP contribution in [0.2, 0.25) is 0 Å². The number of rotatable bonds is 4. The van der Waals surface area contributed by atoms with Gasteiger partial charge in [0.15, 0.2) is 17.3 Å². The molecule has 1 spiro atoms. The monoisotopic (exact) mass is 479 g/mol. The molecule has 0 aliphatic carbocycles. The van der Waals surface area contributed by atoms with E-state index < -0.39 is 5.60 Å². The summed E-state index contributed by atoms with van der Waals surface area (Å²) < 4.78 is 16.9. The molecule has 3 heterocycles. The van der Waals surface area contributed by atoms with Crippen LogP contribution in [0.5, 0.6) is 17.2 Å². The molecular weight excluding hydrogens is 450 g/mol. The zero-order chi connectivity index (χ0) is 24.6. The van der Waals surface area contributed by atoms with Crippen molar-refractivity contribution in [2.45, 2.75) is 37.3 Å². The van der Waals surface area contributed by atoms with Crippen molar-refractivity contribution in [2.75, 3.05) is 38.8 Å². The van der Waals surface area contributed by atoms with E-state index in [-0.39, 0.29) is 30.2 Å². The van der Waals surface area contributed by atoms with Gasteiger partial charge in [-0.2, -0.15) is 0 Å². The normalized spacial score (nSPS) is 20.9. The maximum atomic E-state index is 13.0. The number of amides is 3. The number of methoxy groups -OCH3 is 2. The van der Waals surface area contributed by atoms with E-state index >= 15 is 0 Å². The summed E-state index contributed by atoms with van der Waals surface area (Å²) in [6, 6.07) is 12.1. The van der Waals surface area contributed by atoms with Crippen molar-refractivity contribution in [3.05, 3.63) is 48.0 Å². The predicted octanol–water partition coefficient (Wildman–Crippen LogP) is 3.02. The van der Waals surface area contributed by atoms with Crippen molar-refractivity contribution < 1.29 is 28.6 Å². The quantitative estimate of drug-likeness (QED) is 0.724. The predicted molar refractivity (Wildman–Crippen MR) is 128 cm³/mol. The lowest BCUT2D eigenvalue weighted by Crippen LogP contribution is -2.55. The van der Waals surface area contributed by atoms with Gasteiger partial charge in [0.2, 0.25) is 5.91 Å². The Balaban J connectivity index is 1.18. The molecule has 5 rings (SSSR count). The molecule has 0 radical (unpaired) electrons. The number of nitrogens with zero attached hydrogens (tertiary/aromatic N) is 2. The van der Waals surface area contributed by atoms with Crippen LogP contribution in [0.15, 0.2) is 42.5 Å². The van der Waals surface area contributed by atoms with Gasteiger partial charge in [0.05, 0.1) is 32.2 Å². The highest BCUT2D eigenvalue weighted by atomic mass is 16.5. The Morgan fingerprint density at radius 1 is 1.06 bits per heavy atom. The fourth-order valence-electron chi connectivity index (χ4n) is 5.15. The number of hydrogen-bond donors (Lipinski definition) is 1. The van der Waals surface area contributed by atoms with E-state index in [0.717, 1.165) is 0 Å². The highest BCUT2D eigenvalue weighted by Crippen LogP contribution is 2.39. The molecule has 9 nitrogen and oxygen atoms in total. The first-order chi connectivity index (χ1) is 16.9. The Labute approximate surface area is 203 Å². The van der Waals surface area contributed by atoms with E-state index in [4.69, 9.17) is 14.2 Å². The molecule has 9 heteroatoms. The second-order valence-electron chi connectivity index (χ2n) is 9.26. The minimum Gasteiger partial charge on any atom is -0.493 e. The van der Waals surface area contributed by atoms with Gasteiger partial charge in [-0.3, -0.25) is 9.59 Å². The summed E-state index contributed by atoms with van der Waals surface area (Å²) in [6.45, 7) is 1.36. The number of carbonyl (C=O) groups is 3. The Morgan fingerprint density at radius 2 is 1.80 bits per heavy atom. The molecule has 3 aliphatic heterocycles. The first kappa shape index (κ1) is 23.0. The van der Waals surface area contributed by atoms with E-state index in [9.17, 15) is 14.4 Å². The van der Waals surface area contributed by atoms with Crippen LogP contribution in [0, 0.1) is 0 Å². The smallest absolute Gasteiger partial charge is 0.317 e. The van der Waals surface area contributed by atoms with Gasteiger partial charge in [0.1, 0.15) is 11.4 Å². The first-order valence-electron chi connectivity index (χ1n) is 11.8. The number of fused-ring (bicyclic) bond motifs is 1. The fraction of sp³-hybridized carbons (Fsp3) is 0.423. The van der Waals surface area contributed by atoms with Crippen LogP contribution in [0.25, 0.3) is 0 Å². The van der Waals surface area contributed by atoms with Gasteiger partial charge < -0.3 is 29.3 Å². The van der Waals surface area contributed by atoms with Gasteiger partial charge in [0, 0.05) is 50.7 Å². The van der Waals surface area contributed by atoms with E-state index in [1.165, 1.54) is 0 Å². The van der Waals surface area contributed by atoms with Crippen LogP contribution in [0.3, 0.4) is 0 Å². The molecule has 3 amide bonds.